The standard InChI is InChI=1S/C18H21F3N4O3S/c1-2-24-11-16(22-12-24)29(27,28)25-8-4-5-13(10-25)17(26)23-15-7-3-6-14(9-15)18(19,20)21/h3,6-7,9,11-13H,2,4-5,8,10H2,1H3,(H,23,26)/t13-/m1/s1. The van der Waals surface area contributed by atoms with Crippen molar-refractivity contribution in [1.29, 1.82) is 0 Å². The molecule has 1 aliphatic heterocycles. The molecule has 0 spiro atoms. The van der Waals surface area contributed by atoms with Crippen molar-refractivity contribution >= 4 is 21.6 Å². The van der Waals surface area contributed by atoms with E-state index in [1.54, 1.807) is 4.57 Å². The monoisotopic (exact) mass is 430 g/mol. The lowest BCUT2D eigenvalue weighted by atomic mass is 9.98. The normalized spacial score (nSPS) is 18.6. The number of nitrogens with one attached hydrogen (secondary N) is 1. The summed E-state index contributed by atoms with van der Waals surface area (Å²) in [6.07, 6.45) is -0.747. The van der Waals surface area contributed by atoms with Crippen LogP contribution in [0.15, 0.2) is 41.8 Å². The van der Waals surface area contributed by atoms with Gasteiger partial charge in [0, 0.05) is 31.5 Å². The van der Waals surface area contributed by atoms with Gasteiger partial charge in [-0.1, -0.05) is 6.07 Å². The Hall–Kier alpha value is -2.40. The molecule has 0 unspecified atom stereocenters. The van der Waals surface area contributed by atoms with Crippen LogP contribution in [0.1, 0.15) is 25.3 Å². The maximum atomic E-state index is 12.8. The predicted octanol–water partition coefficient (Wildman–Crippen LogP) is 2.96. The fourth-order valence-corrected chi connectivity index (χ4v) is 4.63. The molecule has 2 heterocycles. The van der Waals surface area contributed by atoms with Gasteiger partial charge in [-0.3, -0.25) is 4.79 Å². The van der Waals surface area contributed by atoms with Crippen LogP contribution in [0.2, 0.25) is 0 Å². The maximum absolute atomic E-state index is 12.8. The van der Waals surface area contributed by atoms with Gasteiger partial charge in [-0.25, -0.2) is 13.4 Å². The molecule has 29 heavy (non-hydrogen) atoms. The van der Waals surface area contributed by atoms with E-state index < -0.39 is 33.6 Å². The second-order valence-corrected chi connectivity index (χ2v) is 8.70. The van der Waals surface area contributed by atoms with Crippen molar-refractivity contribution in [3.63, 3.8) is 0 Å². The van der Waals surface area contributed by atoms with Crippen LogP contribution >= 0.6 is 0 Å². The van der Waals surface area contributed by atoms with Crippen molar-refractivity contribution in [3.05, 3.63) is 42.4 Å². The molecule has 158 valence electrons. The smallest absolute Gasteiger partial charge is 0.336 e. The van der Waals surface area contributed by atoms with Crippen LogP contribution in [0.3, 0.4) is 0 Å². The first-order valence-corrected chi connectivity index (χ1v) is 10.6. The molecule has 0 aliphatic carbocycles. The molecule has 1 aliphatic rings. The van der Waals surface area contributed by atoms with Crippen molar-refractivity contribution in [3.8, 4) is 0 Å². The molecule has 1 N–H and O–H groups in total. The van der Waals surface area contributed by atoms with Gasteiger partial charge in [-0.15, -0.1) is 0 Å². The van der Waals surface area contributed by atoms with E-state index in [-0.39, 0.29) is 23.8 Å². The molecular formula is C18H21F3N4O3S. The zero-order valence-electron chi connectivity index (χ0n) is 15.7. The minimum Gasteiger partial charge on any atom is -0.336 e. The third-order valence-electron chi connectivity index (χ3n) is 4.79. The van der Waals surface area contributed by atoms with Gasteiger partial charge in [0.1, 0.15) is 0 Å². The van der Waals surface area contributed by atoms with Crippen molar-refractivity contribution < 1.29 is 26.4 Å². The number of anilines is 1. The molecule has 1 aromatic heterocycles. The summed E-state index contributed by atoms with van der Waals surface area (Å²) in [5.41, 5.74) is -0.846. The summed E-state index contributed by atoms with van der Waals surface area (Å²) >= 11 is 0. The Balaban J connectivity index is 1.71. The van der Waals surface area contributed by atoms with Crippen LogP contribution in [0.5, 0.6) is 0 Å². The molecule has 11 heteroatoms. The molecule has 1 amide bonds. The number of hydrogen-bond acceptors (Lipinski definition) is 4. The van der Waals surface area contributed by atoms with Crippen molar-refractivity contribution in [2.45, 2.75) is 37.5 Å². The Kier molecular flexibility index (Phi) is 5.99. The van der Waals surface area contributed by atoms with E-state index in [0.717, 1.165) is 12.1 Å². The van der Waals surface area contributed by atoms with Gasteiger partial charge in [-0.2, -0.15) is 17.5 Å². The van der Waals surface area contributed by atoms with Crippen LogP contribution in [-0.4, -0.2) is 41.3 Å². The first kappa shape index (κ1) is 21.3. The number of nitrogens with zero attached hydrogens (tertiary/aromatic N) is 3. The fourth-order valence-electron chi connectivity index (χ4n) is 3.17. The molecule has 1 aromatic carbocycles. The van der Waals surface area contributed by atoms with Gasteiger partial charge < -0.3 is 9.88 Å². The summed E-state index contributed by atoms with van der Waals surface area (Å²) in [6, 6.07) is 4.34. The number of hydrogen-bond donors (Lipinski definition) is 1. The van der Waals surface area contributed by atoms with Crippen LogP contribution in [0.4, 0.5) is 18.9 Å². The fraction of sp³-hybridized carbons (Fsp3) is 0.444. The number of aryl methyl sites for hydroxylation is 1. The Morgan fingerprint density at radius 3 is 2.76 bits per heavy atom. The predicted molar refractivity (Wildman–Crippen MR) is 99.5 cm³/mol. The Labute approximate surface area is 166 Å². The summed E-state index contributed by atoms with van der Waals surface area (Å²) in [7, 11) is -3.84. The zero-order chi connectivity index (χ0) is 21.2. The van der Waals surface area contributed by atoms with E-state index >= 15 is 0 Å². The number of carbonyl (C=O) groups excluding carboxylic acids is 1. The minimum absolute atomic E-state index is 0.0199. The third-order valence-corrected chi connectivity index (χ3v) is 6.54. The lowest BCUT2D eigenvalue weighted by molar-refractivity contribution is -0.137. The molecule has 2 aromatic rings. The van der Waals surface area contributed by atoms with E-state index in [1.165, 1.54) is 29.0 Å². The van der Waals surface area contributed by atoms with Crippen LogP contribution < -0.4 is 5.32 Å². The summed E-state index contributed by atoms with van der Waals surface area (Å²) < 4.78 is 66.9. The number of halogens is 3. The summed E-state index contributed by atoms with van der Waals surface area (Å²) in [6.45, 7) is 2.64. The molecular weight excluding hydrogens is 409 g/mol. The zero-order valence-corrected chi connectivity index (χ0v) is 16.5. The van der Waals surface area contributed by atoms with Gasteiger partial charge in [-0.05, 0) is 38.0 Å². The van der Waals surface area contributed by atoms with E-state index in [1.807, 2.05) is 6.92 Å². The number of alkyl halides is 3. The van der Waals surface area contributed by atoms with Gasteiger partial charge in [0.15, 0.2) is 5.03 Å². The van der Waals surface area contributed by atoms with Crippen molar-refractivity contribution in [1.82, 2.24) is 13.9 Å². The molecule has 1 fully saturated rings. The van der Waals surface area contributed by atoms with Crippen LogP contribution in [0, 0.1) is 5.92 Å². The Morgan fingerprint density at radius 2 is 2.10 bits per heavy atom. The maximum Gasteiger partial charge on any atom is 0.416 e. The van der Waals surface area contributed by atoms with E-state index in [4.69, 9.17) is 0 Å². The van der Waals surface area contributed by atoms with Crippen molar-refractivity contribution in [2.75, 3.05) is 18.4 Å². The average molecular weight is 430 g/mol. The van der Waals surface area contributed by atoms with Gasteiger partial charge >= 0.3 is 6.18 Å². The largest absolute Gasteiger partial charge is 0.416 e. The van der Waals surface area contributed by atoms with Gasteiger partial charge in [0.05, 0.1) is 17.8 Å². The van der Waals surface area contributed by atoms with Gasteiger partial charge in [0.2, 0.25) is 5.91 Å². The van der Waals surface area contributed by atoms with Crippen LogP contribution in [-0.2, 0) is 27.5 Å². The highest BCUT2D eigenvalue weighted by Gasteiger charge is 2.35. The topological polar surface area (TPSA) is 84.3 Å². The third kappa shape index (κ3) is 4.78. The Morgan fingerprint density at radius 1 is 1.34 bits per heavy atom. The number of piperidine rings is 1. The average Bonchev–Trinajstić information content (AvgIpc) is 3.18. The molecule has 3 rings (SSSR count). The quantitative estimate of drug-likeness (QED) is 0.791. The summed E-state index contributed by atoms with van der Waals surface area (Å²) in [5, 5.41) is 2.38. The highest BCUT2D eigenvalue weighted by Crippen LogP contribution is 2.31. The number of carbonyl (C=O) groups is 1. The highest BCUT2D eigenvalue weighted by atomic mass is 32.2. The molecule has 7 nitrogen and oxygen atoms in total. The molecule has 1 saturated heterocycles. The molecule has 1 atom stereocenters. The number of benzene rings is 1. The second-order valence-electron chi connectivity index (χ2n) is 6.81. The number of rotatable bonds is 5. The number of aromatic nitrogens is 2. The molecule has 0 radical (unpaired) electrons. The highest BCUT2D eigenvalue weighted by molar-refractivity contribution is 7.89. The Bertz CT molecular complexity index is 988. The molecule has 0 bridgehead atoms. The number of amides is 1. The lowest BCUT2D eigenvalue weighted by Crippen LogP contribution is -2.43. The van der Waals surface area contributed by atoms with E-state index in [2.05, 4.69) is 10.3 Å². The number of imidazole rings is 1. The van der Waals surface area contributed by atoms with Gasteiger partial charge in [0.25, 0.3) is 10.0 Å². The first-order valence-electron chi connectivity index (χ1n) is 9.11. The van der Waals surface area contributed by atoms with E-state index in [9.17, 15) is 26.4 Å². The second kappa shape index (κ2) is 8.15. The van der Waals surface area contributed by atoms with Crippen LogP contribution in [0.25, 0.3) is 0 Å². The summed E-state index contributed by atoms with van der Waals surface area (Å²) in [5.74, 6) is -1.18. The number of sulfonamides is 1. The molecule has 0 saturated carbocycles. The van der Waals surface area contributed by atoms with E-state index in [0.29, 0.717) is 19.4 Å². The SMILES string of the molecule is CCn1cnc(S(=O)(=O)N2CCC[C@@H](C(=O)Nc3cccc(C(F)(F)F)c3)C2)c1. The first-order chi connectivity index (χ1) is 13.6. The lowest BCUT2D eigenvalue weighted by Gasteiger charge is -2.30. The summed E-state index contributed by atoms with van der Waals surface area (Å²) in [4.78, 5) is 16.5. The minimum atomic E-state index is -4.52. The van der Waals surface area contributed by atoms with Crippen molar-refractivity contribution in [2.24, 2.45) is 5.92 Å².